The van der Waals surface area contributed by atoms with E-state index < -0.39 is 0 Å². The van der Waals surface area contributed by atoms with Gasteiger partial charge in [-0.05, 0) is 48.7 Å². The number of halogens is 2. The number of benzene rings is 2. The second-order valence-electron chi connectivity index (χ2n) is 4.96. The van der Waals surface area contributed by atoms with Crippen molar-refractivity contribution in [1.82, 2.24) is 5.32 Å². The average Bonchev–Trinajstić information content (AvgIpc) is 2.45. The van der Waals surface area contributed by atoms with Crippen molar-refractivity contribution in [3.8, 4) is 0 Å². The van der Waals surface area contributed by atoms with Crippen LogP contribution in [0.25, 0.3) is 0 Å². The molecule has 2 aromatic carbocycles. The van der Waals surface area contributed by atoms with Crippen molar-refractivity contribution in [1.29, 1.82) is 0 Å². The largest absolute Gasteiger partial charge is 0.303 e. The highest BCUT2D eigenvalue weighted by molar-refractivity contribution is 6.30. The predicted octanol–water partition coefficient (Wildman–Crippen LogP) is 5.28. The van der Waals surface area contributed by atoms with Gasteiger partial charge in [0.1, 0.15) is 5.82 Å². The maximum Gasteiger partial charge on any atom is 0.123 e. The molecule has 0 fully saturated rings. The van der Waals surface area contributed by atoms with Crippen LogP contribution in [0.2, 0.25) is 5.02 Å². The molecule has 1 N–H and O–H groups in total. The van der Waals surface area contributed by atoms with Gasteiger partial charge in [-0.3, -0.25) is 0 Å². The van der Waals surface area contributed by atoms with E-state index in [9.17, 15) is 4.39 Å². The zero-order valence-electron chi connectivity index (χ0n) is 11.7. The molecule has 106 valence electrons. The van der Waals surface area contributed by atoms with Crippen LogP contribution < -0.4 is 5.32 Å². The third kappa shape index (κ3) is 3.81. The monoisotopic (exact) mass is 291 g/mol. The summed E-state index contributed by atoms with van der Waals surface area (Å²) < 4.78 is 13.3. The lowest BCUT2D eigenvalue weighted by Crippen LogP contribution is -2.24. The Morgan fingerprint density at radius 2 is 1.80 bits per heavy atom. The maximum atomic E-state index is 13.3. The minimum atomic E-state index is -0.193. The Balaban J connectivity index is 2.11. The first-order valence-corrected chi connectivity index (χ1v) is 7.25. The minimum Gasteiger partial charge on any atom is -0.303 e. The highest BCUT2D eigenvalue weighted by Gasteiger charge is 2.14. The molecule has 0 spiro atoms. The van der Waals surface area contributed by atoms with Crippen molar-refractivity contribution in [2.75, 3.05) is 0 Å². The lowest BCUT2D eigenvalue weighted by molar-refractivity contribution is 0.454. The lowest BCUT2D eigenvalue weighted by atomic mass is 10.0. The van der Waals surface area contributed by atoms with Gasteiger partial charge >= 0.3 is 0 Å². The molecule has 0 saturated heterocycles. The van der Waals surface area contributed by atoms with E-state index in [-0.39, 0.29) is 17.9 Å². The Morgan fingerprint density at radius 3 is 2.40 bits per heavy atom. The van der Waals surface area contributed by atoms with E-state index in [0.29, 0.717) is 0 Å². The van der Waals surface area contributed by atoms with Crippen LogP contribution in [0.3, 0.4) is 0 Å². The molecule has 1 nitrogen and oxygen atoms in total. The summed E-state index contributed by atoms with van der Waals surface area (Å²) in [5.74, 6) is -0.193. The first-order valence-electron chi connectivity index (χ1n) is 6.87. The van der Waals surface area contributed by atoms with Crippen molar-refractivity contribution >= 4 is 11.6 Å². The molecule has 2 atom stereocenters. The van der Waals surface area contributed by atoms with E-state index in [1.807, 2.05) is 30.3 Å². The molecular formula is C17H19ClFN. The summed E-state index contributed by atoms with van der Waals surface area (Å²) in [6, 6.07) is 14.9. The summed E-state index contributed by atoms with van der Waals surface area (Å²) in [5.41, 5.74) is 2.15. The Labute approximate surface area is 124 Å². The van der Waals surface area contributed by atoms with Gasteiger partial charge in [-0.1, -0.05) is 42.8 Å². The number of nitrogens with one attached hydrogen (secondary N) is 1. The molecule has 1 unspecified atom stereocenters. The van der Waals surface area contributed by atoms with Crippen molar-refractivity contribution in [2.45, 2.75) is 32.4 Å². The number of hydrogen-bond acceptors (Lipinski definition) is 1. The van der Waals surface area contributed by atoms with Crippen LogP contribution in [0, 0.1) is 5.82 Å². The highest BCUT2D eigenvalue weighted by atomic mass is 35.5. The van der Waals surface area contributed by atoms with Crippen LogP contribution >= 0.6 is 11.6 Å². The molecule has 0 bridgehead atoms. The van der Waals surface area contributed by atoms with Crippen molar-refractivity contribution < 1.29 is 4.39 Å². The lowest BCUT2D eigenvalue weighted by Gasteiger charge is -2.23. The minimum absolute atomic E-state index is 0.136. The van der Waals surface area contributed by atoms with Gasteiger partial charge in [-0.15, -0.1) is 0 Å². The third-order valence-corrected chi connectivity index (χ3v) is 3.73. The summed E-state index contributed by atoms with van der Waals surface area (Å²) in [6.45, 7) is 4.20. The van der Waals surface area contributed by atoms with Crippen LogP contribution in [-0.2, 0) is 0 Å². The third-order valence-electron chi connectivity index (χ3n) is 3.48. The molecule has 0 aliphatic heterocycles. The molecule has 3 heteroatoms. The first-order chi connectivity index (χ1) is 9.60. The van der Waals surface area contributed by atoms with Gasteiger partial charge in [0.05, 0.1) is 0 Å². The predicted molar refractivity (Wildman–Crippen MR) is 82.4 cm³/mol. The average molecular weight is 292 g/mol. The van der Waals surface area contributed by atoms with Gasteiger partial charge in [0.2, 0.25) is 0 Å². The van der Waals surface area contributed by atoms with Gasteiger partial charge in [0, 0.05) is 17.1 Å². The van der Waals surface area contributed by atoms with Gasteiger partial charge in [-0.2, -0.15) is 0 Å². The summed E-state index contributed by atoms with van der Waals surface area (Å²) >= 11 is 5.90. The SMILES string of the molecule is CCC(N[C@H](C)c1ccc(Cl)cc1)c1cccc(F)c1. The molecular weight excluding hydrogens is 273 g/mol. The smallest absolute Gasteiger partial charge is 0.123 e. The molecule has 0 heterocycles. The second kappa shape index (κ2) is 6.87. The van der Waals surface area contributed by atoms with Crippen LogP contribution in [0.1, 0.15) is 43.5 Å². The van der Waals surface area contributed by atoms with Crippen molar-refractivity contribution in [2.24, 2.45) is 0 Å². The highest BCUT2D eigenvalue weighted by Crippen LogP contribution is 2.23. The maximum absolute atomic E-state index is 13.3. The van der Waals surface area contributed by atoms with Crippen LogP contribution in [0.15, 0.2) is 48.5 Å². The molecule has 0 aliphatic carbocycles. The zero-order chi connectivity index (χ0) is 14.5. The molecule has 0 saturated carbocycles. The van der Waals surface area contributed by atoms with Gasteiger partial charge in [0.15, 0.2) is 0 Å². The van der Waals surface area contributed by atoms with E-state index in [1.165, 1.54) is 11.6 Å². The molecule has 20 heavy (non-hydrogen) atoms. The topological polar surface area (TPSA) is 12.0 Å². The van der Waals surface area contributed by atoms with Crippen LogP contribution in [0.5, 0.6) is 0 Å². The Bertz CT molecular complexity index is 553. The summed E-state index contributed by atoms with van der Waals surface area (Å²) in [7, 11) is 0. The standard InChI is InChI=1S/C17H19ClFN/c1-3-17(14-5-4-6-16(19)11-14)20-12(2)13-7-9-15(18)10-8-13/h4-12,17,20H,3H2,1-2H3/t12-,17?/m1/s1. The molecule has 0 radical (unpaired) electrons. The molecule has 0 aliphatic rings. The summed E-state index contributed by atoms with van der Waals surface area (Å²) in [6.07, 6.45) is 0.904. The quantitative estimate of drug-likeness (QED) is 0.790. The normalized spacial score (nSPS) is 14.0. The Kier molecular flexibility index (Phi) is 5.16. The van der Waals surface area contributed by atoms with Gasteiger partial charge < -0.3 is 5.32 Å². The molecule has 2 rings (SSSR count). The summed E-state index contributed by atoms with van der Waals surface area (Å²) in [5, 5.41) is 4.27. The second-order valence-corrected chi connectivity index (χ2v) is 5.39. The molecule has 0 amide bonds. The summed E-state index contributed by atoms with van der Waals surface area (Å²) in [4.78, 5) is 0. The molecule has 2 aromatic rings. The van der Waals surface area contributed by atoms with E-state index in [0.717, 1.165) is 17.0 Å². The van der Waals surface area contributed by atoms with Crippen molar-refractivity contribution in [3.63, 3.8) is 0 Å². The van der Waals surface area contributed by atoms with Crippen LogP contribution in [-0.4, -0.2) is 0 Å². The first kappa shape index (κ1) is 15.0. The van der Waals surface area contributed by atoms with Gasteiger partial charge in [-0.25, -0.2) is 4.39 Å². The Morgan fingerprint density at radius 1 is 1.10 bits per heavy atom. The molecule has 0 aromatic heterocycles. The van der Waals surface area contributed by atoms with E-state index in [2.05, 4.69) is 19.2 Å². The Hall–Kier alpha value is -1.38. The number of hydrogen-bond donors (Lipinski definition) is 1. The fraction of sp³-hybridized carbons (Fsp3) is 0.294. The van der Waals surface area contributed by atoms with Gasteiger partial charge in [0.25, 0.3) is 0 Å². The van der Waals surface area contributed by atoms with Crippen LogP contribution in [0.4, 0.5) is 4.39 Å². The fourth-order valence-electron chi connectivity index (χ4n) is 2.32. The van der Waals surface area contributed by atoms with E-state index >= 15 is 0 Å². The zero-order valence-corrected chi connectivity index (χ0v) is 12.5. The van der Waals surface area contributed by atoms with E-state index in [4.69, 9.17) is 11.6 Å². The fourth-order valence-corrected chi connectivity index (χ4v) is 2.45. The van der Waals surface area contributed by atoms with E-state index in [1.54, 1.807) is 12.1 Å². The van der Waals surface area contributed by atoms with Crippen molar-refractivity contribution in [3.05, 3.63) is 70.5 Å². The number of rotatable bonds is 5.